The molecule has 4 aromatic rings. The van der Waals surface area contributed by atoms with Crippen LogP contribution in [0.15, 0.2) is 114 Å². The van der Waals surface area contributed by atoms with Gasteiger partial charge in [-0.05, 0) is 79.6 Å². The van der Waals surface area contributed by atoms with Gasteiger partial charge in [-0.15, -0.1) is 11.8 Å². The Hall–Kier alpha value is -5.22. The summed E-state index contributed by atoms with van der Waals surface area (Å²) in [6.45, 7) is 3.72. The molecule has 0 aliphatic heterocycles. The number of nitrogens with zero attached hydrogens (tertiary/aromatic N) is 1. The Bertz CT molecular complexity index is 1640. The number of nitrogens with one attached hydrogen (secondary N) is 3. The smallest absolute Gasteiger partial charge is 0.272 e. The summed E-state index contributed by atoms with van der Waals surface area (Å²) in [6, 6.07) is 28.6. The van der Waals surface area contributed by atoms with Gasteiger partial charge in [-0.25, -0.2) is 0 Å². The van der Waals surface area contributed by atoms with Gasteiger partial charge in [-0.1, -0.05) is 42.5 Å². The Labute approximate surface area is 247 Å². The van der Waals surface area contributed by atoms with Gasteiger partial charge in [0.05, 0.1) is 10.2 Å². The molecule has 0 fully saturated rings. The van der Waals surface area contributed by atoms with Crippen LogP contribution >= 0.6 is 11.8 Å². The largest absolute Gasteiger partial charge is 0.325 e. The molecular formula is C32H28N4O5S. The standard InChI is InChI=1S/C32H28N4O5S/c1-21-9-6-7-14-28(21)34-30(37)22(2)42-27-13-8-12-25(20-27)33-32(39)29(35-31(38)24-10-4-3-5-11-24)19-23-15-17-26(18-16-23)36(40)41/h3-20,22H,1-2H3,(H,33,39)(H,34,37)(H,35,38)/b29-19+. The molecule has 0 bridgehead atoms. The summed E-state index contributed by atoms with van der Waals surface area (Å²) in [6.07, 6.45) is 1.44. The maximum Gasteiger partial charge on any atom is 0.272 e. The molecule has 10 heteroatoms. The summed E-state index contributed by atoms with van der Waals surface area (Å²) in [5, 5.41) is 19.0. The van der Waals surface area contributed by atoms with E-state index in [0.717, 1.165) is 16.1 Å². The first-order valence-corrected chi connectivity index (χ1v) is 13.8. The van der Waals surface area contributed by atoms with Crippen LogP contribution < -0.4 is 16.0 Å². The molecular weight excluding hydrogens is 552 g/mol. The number of amides is 3. The van der Waals surface area contributed by atoms with E-state index in [1.165, 1.54) is 42.1 Å². The highest BCUT2D eigenvalue weighted by molar-refractivity contribution is 8.00. The minimum absolute atomic E-state index is 0.0539. The van der Waals surface area contributed by atoms with Crippen LogP contribution in [0.4, 0.5) is 17.1 Å². The zero-order valence-corrected chi connectivity index (χ0v) is 23.7. The summed E-state index contributed by atoms with van der Waals surface area (Å²) < 4.78 is 0. The molecule has 42 heavy (non-hydrogen) atoms. The summed E-state index contributed by atoms with van der Waals surface area (Å²) in [5.41, 5.74) is 2.86. The zero-order valence-electron chi connectivity index (χ0n) is 22.9. The monoisotopic (exact) mass is 580 g/mol. The first-order chi connectivity index (χ1) is 20.2. The predicted octanol–water partition coefficient (Wildman–Crippen LogP) is 6.43. The molecule has 212 valence electrons. The number of para-hydroxylation sites is 1. The predicted molar refractivity (Wildman–Crippen MR) is 165 cm³/mol. The maximum atomic E-state index is 13.4. The lowest BCUT2D eigenvalue weighted by atomic mass is 10.1. The number of rotatable bonds is 10. The number of anilines is 2. The van der Waals surface area contributed by atoms with E-state index in [1.54, 1.807) is 55.5 Å². The van der Waals surface area contributed by atoms with Crippen molar-refractivity contribution in [2.45, 2.75) is 24.0 Å². The lowest BCUT2D eigenvalue weighted by Crippen LogP contribution is -2.30. The Morgan fingerprint density at radius 3 is 2.24 bits per heavy atom. The van der Waals surface area contributed by atoms with E-state index in [-0.39, 0.29) is 17.3 Å². The van der Waals surface area contributed by atoms with E-state index < -0.39 is 22.0 Å². The fourth-order valence-corrected chi connectivity index (χ4v) is 4.78. The summed E-state index contributed by atoms with van der Waals surface area (Å²) in [4.78, 5) is 50.3. The van der Waals surface area contributed by atoms with E-state index in [9.17, 15) is 24.5 Å². The van der Waals surface area contributed by atoms with Crippen molar-refractivity contribution in [2.24, 2.45) is 0 Å². The number of carbonyl (C=O) groups excluding carboxylic acids is 3. The molecule has 0 saturated carbocycles. The van der Waals surface area contributed by atoms with Gasteiger partial charge in [-0.3, -0.25) is 24.5 Å². The topological polar surface area (TPSA) is 130 Å². The summed E-state index contributed by atoms with van der Waals surface area (Å²) in [7, 11) is 0. The first-order valence-electron chi connectivity index (χ1n) is 13.0. The number of benzene rings is 4. The van der Waals surface area contributed by atoms with Crippen molar-refractivity contribution in [3.05, 3.63) is 136 Å². The molecule has 0 spiro atoms. The number of thioether (sulfide) groups is 1. The molecule has 0 saturated heterocycles. The number of nitro benzene ring substituents is 1. The van der Waals surface area contributed by atoms with Gasteiger partial charge >= 0.3 is 0 Å². The van der Waals surface area contributed by atoms with Crippen molar-refractivity contribution in [1.29, 1.82) is 0 Å². The second-order valence-electron chi connectivity index (χ2n) is 9.27. The van der Waals surface area contributed by atoms with Crippen molar-refractivity contribution in [2.75, 3.05) is 10.6 Å². The minimum Gasteiger partial charge on any atom is -0.325 e. The lowest BCUT2D eigenvalue weighted by Gasteiger charge is -2.15. The van der Waals surface area contributed by atoms with Gasteiger partial charge in [0.25, 0.3) is 17.5 Å². The van der Waals surface area contributed by atoms with Crippen LogP contribution in [0.2, 0.25) is 0 Å². The molecule has 4 rings (SSSR count). The van der Waals surface area contributed by atoms with Crippen LogP contribution in [-0.2, 0) is 9.59 Å². The number of hydrogen-bond acceptors (Lipinski definition) is 6. The average molecular weight is 581 g/mol. The van der Waals surface area contributed by atoms with Crippen molar-refractivity contribution in [3.8, 4) is 0 Å². The molecule has 1 atom stereocenters. The Kier molecular flexibility index (Phi) is 9.85. The van der Waals surface area contributed by atoms with Crippen LogP contribution in [0.1, 0.15) is 28.4 Å². The summed E-state index contributed by atoms with van der Waals surface area (Å²) in [5.74, 6) is -1.23. The third kappa shape index (κ3) is 8.15. The Balaban J connectivity index is 1.50. The minimum atomic E-state index is -0.592. The fourth-order valence-electron chi connectivity index (χ4n) is 3.85. The van der Waals surface area contributed by atoms with Gasteiger partial charge in [0.2, 0.25) is 5.91 Å². The van der Waals surface area contributed by atoms with Gasteiger partial charge in [-0.2, -0.15) is 0 Å². The second kappa shape index (κ2) is 13.9. The second-order valence-corrected chi connectivity index (χ2v) is 10.7. The lowest BCUT2D eigenvalue weighted by molar-refractivity contribution is -0.384. The molecule has 3 amide bonds. The molecule has 0 radical (unpaired) electrons. The molecule has 0 aliphatic rings. The number of nitro groups is 1. The van der Waals surface area contributed by atoms with Crippen molar-refractivity contribution in [1.82, 2.24) is 5.32 Å². The highest BCUT2D eigenvalue weighted by Gasteiger charge is 2.18. The van der Waals surface area contributed by atoms with E-state index >= 15 is 0 Å². The van der Waals surface area contributed by atoms with Gasteiger partial charge in [0.1, 0.15) is 5.70 Å². The molecule has 3 N–H and O–H groups in total. The quantitative estimate of drug-likeness (QED) is 0.0857. The SMILES string of the molecule is Cc1ccccc1NC(=O)C(C)Sc1cccc(NC(=O)/C(=C\c2ccc([N+](=O)[O-])cc2)NC(=O)c2ccccc2)c1. The van der Waals surface area contributed by atoms with Crippen LogP contribution in [0, 0.1) is 17.0 Å². The molecule has 4 aromatic carbocycles. The van der Waals surface area contributed by atoms with Gasteiger partial charge < -0.3 is 16.0 Å². The van der Waals surface area contributed by atoms with Crippen molar-refractivity contribution in [3.63, 3.8) is 0 Å². The molecule has 1 unspecified atom stereocenters. The number of aryl methyl sites for hydroxylation is 1. The van der Waals surface area contributed by atoms with Gasteiger partial charge in [0.15, 0.2) is 0 Å². The fraction of sp³-hybridized carbons (Fsp3) is 0.0938. The summed E-state index contributed by atoms with van der Waals surface area (Å²) >= 11 is 1.34. The Morgan fingerprint density at radius 2 is 1.55 bits per heavy atom. The first kappa shape index (κ1) is 29.8. The van der Waals surface area contributed by atoms with Gasteiger partial charge in [0, 0.05) is 34.0 Å². The highest BCUT2D eigenvalue weighted by atomic mass is 32.2. The molecule has 0 aliphatic carbocycles. The average Bonchev–Trinajstić information content (AvgIpc) is 2.98. The maximum absolute atomic E-state index is 13.4. The Morgan fingerprint density at radius 1 is 0.857 bits per heavy atom. The highest BCUT2D eigenvalue weighted by Crippen LogP contribution is 2.27. The molecule has 0 heterocycles. The van der Waals surface area contributed by atoms with Crippen LogP contribution in [0.25, 0.3) is 6.08 Å². The number of hydrogen-bond donors (Lipinski definition) is 3. The molecule has 9 nitrogen and oxygen atoms in total. The zero-order chi connectivity index (χ0) is 30.1. The normalized spacial score (nSPS) is 11.7. The number of carbonyl (C=O) groups is 3. The van der Waals surface area contributed by atoms with E-state index in [2.05, 4.69) is 16.0 Å². The third-order valence-corrected chi connectivity index (χ3v) is 7.21. The van der Waals surface area contributed by atoms with E-state index in [1.807, 2.05) is 37.3 Å². The van der Waals surface area contributed by atoms with Crippen molar-refractivity contribution >= 4 is 52.6 Å². The van der Waals surface area contributed by atoms with Crippen LogP contribution in [0.5, 0.6) is 0 Å². The number of non-ortho nitro benzene ring substituents is 1. The van der Waals surface area contributed by atoms with Crippen LogP contribution in [-0.4, -0.2) is 27.9 Å². The van der Waals surface area contributed by atoms with Crippen molar-refractivity contribution < 1.29 is 19.3 Å². The van der Waals surface area contributed by atoms with Crippen LogP contribution in [0.3, 0.4) is 0 Å². The van der Waals surface area contributed by atoms with E-state index in [4.69, 9.17) is 0 Å². The molecule has 0 aromatic heterocycles. The van der Waals surface area contributed by atoms with E-state index in [0.29, 0.717) is 16.8 Å². The third-order valence-electron chi connectivity index (χ3n) is 6.12.